The Morgan fingerprint density at radius 2 is 2.18 bits per heavy atom. The van der Waals surface area contributed by atoms with Crippen molar-refractivity contribution in [1.82, 2.24) is 14.9 Å². The number of hydrogen-bond donors (Lipinski definition) is 1. The number of likely N-dealkylation sites (tertiary alicyclic amines) is 1. The number of anilines is 1. The van der Waals surface area contributed by atoms with Gasteiger partial charge in [0.25, 0.3) is 0 Å². The zero-order valence-corrected chi connectivity index (χ0v) is 12.8. The molecule has 1 fully saturated rings. The van der Waals surface area contributed by atoms with Crippen LogP contribution in [0.2, 0.25) is 0 Å². The maximum Gasteiger partial charge on any atom is 0.129 e. The van der Waals surface area contributed by atoms with Crippen LogP contribution in [0.1, 0.15) is 24.1 Å². The van der Waals surface area contributed by atoms with Crippen molar-refractivity contribution in [2.75, 3.05) is 18.4 Å². The van der Waals surface area contributed by atoms with Gasteiger partial charge in [-0.05, 0) is 32.4 Å². The molecule has 1 aliphatic rings. The van der Waals surface area contributed by atoms with E-state index < -0.39 is 0 Å². The minimum Gasteiger partial charge on any atom is -0.366 e. The fourth-order valence-electron chi connectivity index (χ4n) is 2.93. The van der Waals surface area contributed by atoms with Crippen molar-refractivity contribution in [1.29, 1.82) is 0 Å². The van der Waals surface area contributed by atoms with E-state index in [2.05, 4.69) is 20.2 Å². The Labute approximate surface area is 130 Å². The highest BCUT2D eigenvalue weighted by molar-refractivity contribution is 5.35. The predicted molar refractivity (Wildman–Crippen MR) is 85.1 cm³/mol. The molecule has 1 aliphatic heterocycles. The second-order valence-electron chi connectivity index (χ2n) is 5.85. The summed E-state index contributed by atoms with van der Waals surface area (Å²) >= 11 is 0. The lowest BCUT2D eigenvalue weighted by molar-refractivity contribution is 0.206. The molecule has 1 saturated heterocycles. The van der Waals surface area contributed by atoms with E-state index in [1.54, 1.807) is 12.4 Å². The van der Waals surface area contributed by atoms with E-state index in [1.807, 2.05) is 25.1 Å². The van der Waals surface area contributed by atoms with E-state index in [-0.39, 0.29) is 5.82 Å². The number of aryl methyl sites for hydroxylation is 1. The second-order valence-corrected chi connectivity index (χ2v) is 5.85. The quantitative estimate of drug-likeness (QED) is 0.942. The molecule has 4 nitrogen and oxygen atoms in total. The lowest BCUT2D eigenvalue weighted by atomic mass is 10.0. The molecule has 0 radical (unpaired) electrons. The molecule has 0 spiro atoms. The van der Waals surface area contributed by atoms with Crippen molar-refractivity contribution in [2.45, 2.75) is 32.4 Å². The van der Waals surface area contributed by atoms with Crippen LogP contribution in [0.3, 0.4) is 0 Å². The van der Waals surface area contributed by atoms with Crippen molar-refractivity contribution < 1.29 is 4.39 Å². The summed E-state index contributed by atoms with van der Waals surface area (Å²) in [5.41, 5.74) is 1.72. The number of halogens is 1. The Bertz CT molecular complexity index is 632. The van der Waals surface area contributed by atoms with Crippen LogP contribution in [-0.4, -0.2) is 34.0 Å². The SMILES string of the molecule is Cc1cc(NC2CCCN(Cc3ccccc3F)C2)ncn1. The summed E-state index contributed by atoms with van der Waals surface area (Å²) in [5.74, 6) is 0.745. The molecule has 1 aromatic carbocycles. The number of nitrogens with zero attached hydrogens (tertiary/aromatic N) is 3. The van der Waals surface area contributed by atoms with Crippen molar-refractivity contribution in [3.63, 3.8) is 0 Å². The molecule has 116 valence electrons. The summed E-state index contributed by atoms with van der Waals surface area (Å²) in [7, 11) is 0. The predicted octanol–water partition coefficient (Wildman–Crippen LogP) is 3.00. The van der Waals surface area contributed by atoms with Crippen LogP contribution in [0, 0.1) is 12.7 Å². The lowest BCUT2D eigenvalue weighted by Crippen LogP contribution is -2.41. The van der Waals surface area contributed by atoms with E-state index in [0.29, 0.717) is 12.6 Å². The van der Waals surface area contributed by atoms with E-state index >= 15 is 0 Å². The van der Waals surface area contributed by atoms with Gasteiger partial charge >= 0.3 is 0 Å². The molecular weight excluding hydrogens is 279 g/mol. The maximum absolute atomic E-state index is 13.8. The number of rotatable bonds is 4. The van der Waals surface area contributed by atoms with Crippen LogP contribution in [0.5, 0.6) is 0 Å². The zero-order valence-electron chi connectivity index (χ0n) is 12.8. The van der Waals surface area contributed by atoms with Crippen LogP contribution < -0.4 is 5.32 Å². The molecule has 22 heavy (non-hydrogen) atoms. The first-order chi connectivity index (χ1) is 10.7. The summed E-state index contributed by atoms with van der Waals surface area (Å²) in [6.07, 6.45) is 3.80. The smallest absolute Gasteiger partial charge is 0.129 e. The monoisotopic (exact) mass is 300 g/mol. The van der Waals surface area contributed by atoms with Gasteiger partial charge in [0.2, 0.25) is 0 Å². The van der Waals surface area contributed by atoms with Gasteiger partial charge in [-0.2, -0.15) is 0 Å². The molecule has 5 heteroatoms. The first kappa shape index (κ1) is 14.9. The third-order valence-corrected chi connectivity index (χ3v) is 4.01. The van der Waals surface area contributed by atoms with Gasteiger partial charge in [-0.3, -0.25) is 4.90 Å². The van der Waals surface area contributed by atoms with E-state index in [1.165, 1.54) is 6.07 Å². The highest BCUT2D eigenvalue weighted by atomic mass is 19.1. The van der Waals surface area contributed by atoms with Crippen molar-refractivity contribution in [3.8, 4) is 0 Å². The Morgan fingerprint density at radius 1 is 1.32 bits per heavy atom. The minimum atomic E-state index is -0.121. The first-order valence-corrected chi connectivity index (χ1v) is 7.71. The molecule has 0 amide bonds. The van der Waals surface area contributed by atoms with Crippen molar-refractivity contribution in [3.05, 3.63) is 53.7 Å². The molecule has 0 aliphatic carbocycles. The Kier molecular flexibility index (Phi) is 4.63. The van der Waals surface area contributed by atoms with Gasteiger partial charge in [0, 0.05) is 36.5 Å². The van der Waals surface area contributed by atoms with Crippen LogP contribution in [-0.2, 0) is 6.54 Å². The van der Waals surface area contributed by atoms with Crippen LogP contribution >= 0.6 is 0 Å². The summed E-state index contributed by atoms with van der Waals surface area (Å²) in [6.45, 7) is 4.53. The zero-order chi connectivity index (χ0) is 15.4. The van der Waals surface area contributed by atoms with Gasteiger partial charge in [0.1, 0.15) is 18.0 Å². The molecule has 0 saturated carbocycles. The summed E-state index contributed by atoms with van der Waals surface area (Å²) in [4.78, 5) is 10.7. The van der Waals surface area contributed by atoms with Crippen LogP contribution in [0.4, 0.5) is 10.2 Å². The number of aromatic nitrogens is 2. The highest BCUT2D eigenvalue weighted by Gasteiger charge is 2.20. The second kappa shape index (κ2) is 6.83. The third kappa shape index (κ3) is 3.80. The van der Waals surface area contributed by atoms with Crippen molar-refractivity contribution >= 4 is 5.82 Å². The van der Waals surface area contributed by atoms with E-state index in [9.17, 15) is 4.39 Å². The Morgan fingerprint density at radius 3 is 3.00 bits per heavy atom. The summed E-state index contributed by atoms with van der Waals surface area (Å²) in [5, 5.41) is 3.47. The fourth-order valence-corrected chi connectivity index (χ4v) is 2.93. The van der Waals surface area contributed by atoms with Gasteiger partial charge in [-0.25, -0.2) is 14.4 Å². The molecule has 1 aromatic heterocycles. The highest BCUT2D eigenvalue weighted by Crippen LogP contribution is 2.18. The maximum atomic E-state index is 13.8. The number of benzene rings is 1. The molecule has 1 atom stereocenters. The Balaban J connectivity index is 1.61. The fraction of sp³-hybridized carbons (Fsp3) is 0.412. The van der Waals surface area contributed by atoms with Gasteiger partial charge in [0.15, 0.2) is 0 Å². The molecule has 1 unspecified atom stereocenters. The number of nitrogens with one attached hydrogen (secondary N) is 1. The van der Waals surface area contributed by atoms with Gasteiger partial charge in [-0.15, -0.1) is 0 Å². The standard InChI is InChI=1S/C17H21FN4/c1-13-9-17(20-12-19-13)21-15-6-4-8-22(11-15)10-14-5-2-3-7-16(14)18/h2-3,5,7,9,12,15H,4,6,8,10-11H2,1H3,(H,19,20,21). The number of hydrogen-bond acceptors (Lipinski definition) is 4. The molecule has 3 rings (SSSR count). The molecule has 2 heterocycles. The average Bonchev–Trinajstić information content (AvgIpc) is 2.50. The van der Waals surface area contributed by atoms with Gasteiger partial charge < -0.3 is 5.32 Å². The Hall–Kier alpha value is -2.01. The summed E-state index contributed by atoms with van der Waals surface area (Å²) in [6, 6.07) is 9.31. The largest absolute Gasteiger partial charge is 0.366 e. The lowest BCUT2D eigenvalue weighted by Gasteiger charge is -2.33. The van der Waals surface area contributed by atoms with Crippen LogP contribution in [0.25, 0.3) is 0 Å². The molecule has 0 bridgehead atoms. The van der Waals surface area contributed by atoms with Gasteiger partial charge in [0.05, 0.1) is 0 Å². The molecular formula is C17H21FN4. The van der Waals surface area contributed by atoms with Crippen molar-refractivity contribution in [2.24, 2.45) is 0 Å². The topological polar surface area (TPSA) is 41.0 Å². The summed E-state index contributed by atoms with van der Waals surface area (Å²) < 4.78 is 13.8. The first-order valence-electron chi connectivity index (χ1n) is 7.71. The van der Waals surface area contributed by atoms with Crippen LogP contribution in [0.15, 0.2) is 36.7 Å². The van der Waals surface area contributed by atoms with Gasteiger partial charge in [-0.1, -0.05) is 18.2 Å². The van der Waals surface area contributed by atoms with E-state index in [4.69, 9.17) is 0 Å². The average molecular weight is 300 g/mol. The third-order valence-electron chi connectivity index (χ3n) is 4.01. The normalized spacial score (nSPS) is 19.1. The molecule has 1 N–H and O–H groups in total. The number of piperidine rings is 1. The molecule has 2 aromatic rings. The van der Waals surface area contributed by atoms with E-state index in [0.717, 1.165) is 43.0 Å². The minimum absolute atomic E-state index is 0.121.